The van der Waals surface area contributed by atoms with E-state index >= 15 is 0 Å². The van der Waals surface area contributed by atoms with Gasteiger partial charge in [-0.15, -0.1) is 0 Å². The molecule has 0 spiro atoms. The summed E-state index contributed by atoms with van der Waals surface area (Å²) in [6.07, 6.45) is 7.72. The molecule has 0 amide bonds. The van der Waals surface area contributed by atoms with Crippen LogP contribution in [0, 0.1) is 5.92 Å². The zero-order valence-corrected chi connectivity index (χ0v) is 20.8. The van der Waals surface area contributed by atoms with Crippen molar-refractivity contribution in [1.29, 1.82) is 0 Å². The molecule has 2 heterocycles. The first kappa shape index (κ1) is 23.9. The largest absolute Gasteiger partial charge is 0.478 e. The highest BCUT2D eigenvalue weighted by Crippen LogP contribution is 2.38. The van der Waals surface area contributed by atoms with Crippen LogP contribution in [-0.4, -0.2) is 33.6 Å². The van der Waals surface area contributed by atoms with Crippen molar-refractivity contribution in [3.8, 4) is 11.3 Å². The second-order valence-corrected chi connectivity index (χ2v) is 9.89. The number of oxazole rings is 1. The van der Waals surface area contributed by atoms with Crippen LogP contribution in [0.5, 0.6) is 0 Å². The first-order valence-electron chi connectivity index (χ1n) is 12.7. The number of anilines is 3. The molecule has 186 valence electrons. The number of aromatic carboxylic acids is 1. The smallest absolute Gasteiger partial charge is 0.337 e. The Morgan fingerprint density at radius 3 is 2.67 bits per heavy atom. The van der Waals surface area contributed by atoms with E-state index in [4.69, 9.17) is 4.42 Å². The molecule has 1 fully saturated rings. The predicted molar refractivity (Wildman–Crippen MR) is 143 cm³/mol. The van der Waals surface area contributed by atoms with E-state index in [9.17, 15) is 9.90 Å². The lowest BCUT2D eigenvalue weighted by Gasteiger charge is -2.38. The molecule has 0 atom stereocenters. The van der Waals surface area contributed by atoms with Crippen LogP contribution in [0.3, 0.4) is 0 Å². The Balaban J connectivity index is 1.61. The summed E-state index contributed by atoms with van der Waals surface area (Å²) in [5, 5.41) is 13.2. The van der Waals surface area contributed by atoms with Crippen LogP contribution in [0.15, 0.2) is 65.2 Å². The number of pyridine rings is 1. The zero-order chi connectivity index (χ0) is 25.1. The maximum Gasteiger partial charge on any atom is 0.337 e. The highest BCUT2D eigenvalue weighted by molar-refractivity contribution is 5.95. The summed E-state index contributed by atoms with van der Waals surface area (Å²) in [6, 6.07) is 17.8. The second-order valence-electron chi connectivity index (χ2n) is 9.89. The minimum atomic E-state index is -1.00. The maximum absolute atomic E-state index is 11.9. The Morgan fingerprint density at radius 1 is 1.11 bits per heavy atom. The van der Waals surface area contributed by atoms with Gasteiger partial charge in [0.15, 0.2) is 5.58 Å². The van der Waals surface area contributed by atoms with Gasteiger partial charge in [-0.05, 0) is 55.2 Å². The molecule has 5 rings (SSSR count). The molecule has 1 aliphatic carbocycles. The van der Waals surface area contributed by atoms with Crippen molar-refractivity contribution in [2.75, 3.05) is 16.8 Å². The summed E-state index contributed by atoms with van der Waals surface area (Å²) in [5.41, 5.74) is 4.71. The van der Waals surface area contributed by atoms with E-state index in [0.29, 0.717) is 29.3 Å². The number of hydrogen-bond acceptors (Lipinski definition) is 6. The average molecular weight is 485 g/mol. The summed E-state index contributed by atoms with van der Waals surface area (Å²) in [5.74, 6) is -0.516. The molecule has 7 nitrogen and oxygen atoms in total. The Hall–Kier alpha value is -3.87. The number of nitrogens with one attached hydrogen (secondary N) is 1. The number of carboxylic acid groups (broad SMARTS) is 1. The fourth-order valence-electron chi connectivity index (χ4n) is 5.11. The lowest BCUT2D eigenvalue weighted by molar-refractivity contribution is 0.0697. The first-order chi connectivity index (χ1) is 17.5. The molecule has 0 bridgehead atoms. The number of nitrogens with zero attached hydrogens (tertiary/aromatic N) is 3. The fourth-order valence-corrected chi connectivity index (χ4v) is 5.11. The van der Waals surface area contributed by atoms with Gasteiger partial charge in [0.25, 0.3) is 6.01 Å². The quantitative estimate of drug-likeness (QED) is 0.275. The number of carbonyl (C=O) groups is 1. The molecule has 2 aromatic carbocycles. The van der Waals surface area contributed by atoms with Gasteiger partial charge in [0.1, 0.15) is 5.52 Å². The van der Waals surface area contributed by atoms with E-state index in [0.717, 1.165) is 29.0 Å². The van der Waals surface area contributed by atoms with E-state index in [1.807, 2.05) is 36.4 Å². The minimum Gasteiger partial charge on any atom is -0.478 e. The van der Waals surface area contributed by atoms with Crippen molar-refractivity contribution in [3.63, 3.8) is 0 Å². The number of rotatable bonds is 8. The molecule has 4 aromatic rings. The van der Waals surface area contributed by atoms with Crippen molar-refractivity contribution in [1.82, 2.24) is 9.97 Å². The highest BCUT2D eigenvalue weighted by Gasteiger charge is 2.25. The highest BCUT2D eigenvalue weighted by atomic mass is 16.4. The van der Waals surface area contributed by atoms with Crippen LogP contribution < -0.4 is 10.2 Å². The zero-order valence-electron chi connectivity index (χ0n) is 20.8. The van der Waals surface area contributed by atoms with Gasteiger partial charge in [0.05, 0.1) is 22.6 Å². The summed E-state index contributed by atoms with van der Waals surface area (Å²) < 4.78 is 5.99. The van der Waals surface area contributed by atoms with Crippen LogP contribution in [0.25, 0.3) is 22.4 Å². The fraction of sp³-hybridized carbons (Fsp3) is 0.345. The summed E-state index contributed by atoms with van der Waals surface area (Å²) in [4.78, 5) is 23.4. The Morgan fingerprint density at radius 2 is 1.92 bits per heavy atom. The third-order valence-electron chi connectivity index (χ3n) is 6.73. The summed E-state index contributed by atoms with van der Waals surface area (Å²) in [6.45, 7) is 5.41. The monoisotopic (exact) mass is 484 g/mol. The molecular weight excluding hydrogens is 452 g/mol. The molecule has 7 heteroatoms. The Labute approximate surface area is 211 Å². The van der Waals surface area contributed by atoms with Crippen LogP contribution in [0.1, 0.15) is 56.3 Å². The third kappa shape index (κ3) is 5.05. The molecule has 2 aromatic heterocycles. The van der Waals surface area contributed by atoms with Crippen molar-refractivity contribution in [2.45, 2.75) is 52.0 Å². The summed E-state index contributed by atoms with van der Waals surface area (Å²) in [7, 11) is 0. The molecule has 0 aliphatic heterocycles. The van der Waals surface area contributed by atoms with Gasteiger partial charge in [0, 0.05) is 24.3 Å². The van der Waals surface area contributed by atoms with Gasteiger partial charge in [-0.2, -0.15) is 4.98 Å². The number of para-hydroxylation sites is 2. The lowest BCUT2D eigenvalue weighted by atomic mass is 9.92. The van der Waals surface area contributed by atoms with Crippen LogP contribution >= 0.6 is 0 Å². The number of benzene rings is 2. The normalized spacial score (nSPS) is 14.3. The molecular formula is C29H32N4O3. The molecule has 36 heavy (non-hydrogen) atoms. The van der Waals surface area contributed by atoms with Crippen molar-refractivity contribution in [3.05, 3.63) is 66.4 Å². The number of fused-ring (bicyclic) bond motifs is 1. The molecule has 1 saturated carbocycles. The first-order valence-corrected chi connectivity index (χ1v) is 12.7. The van der Waals surface area contributed by atoms with Gasteiger partial charge >= 0.3 is 5.97 Å². The van der Waals surface area contributed by atoms with E-state index < -0.39 is 5.97 Å². The molecule has 1 aliphatic rings. The van der Waals surface area contributed by atoms with Gasteiger partial charge in [-0.3, -0.25) is 4.98 Å². The average Bonchev–Trinajstić information content (AvgIpc) is 3.30. The summed E-state index contributed by atoms with van der Waals surface area (Å²) >= 11 is 0. The number of hydrogen-bond donors (Lipinski definition) is 2. The minimum absolute atomic E-state index is 0.171. The number of carboxylic acids is 1. The van der Waals surface area contributed by atoms with E-state index in [-0.39, 0.29) is 5.56 Å². The molecule has 2 N–H and O–H groups in total. The maximum atomic E-state index is 11.9. The molecule has 0 unspecified atom stereocenters. The molecule has 0 saturated heterocycles. The van der Waals surface area contributed by atoms with Gasteiger partial charge in [-0.1, -0.05) is 51.3 Å². The standard InChI is InChI=1S/C29H32N4O3/c1-19(2)18-33(21-9-4-3-5-10-21)25-15-14-20(27-22(28(34)35)11-8-16-30-27)17-24(25)32-29-31-23-12-6-7-13-26(23)36-29/h6-8,11-17,19,21H,3-5,9-10,18H2,1-2H3,(H,31,32)(H,34,35). The van der Waals surface area contributed by atoms with Crippen LogP contribution in [0.4, 0.5) is 17.4 Å². The topological polar surface area (TPSA) is 91.5 Å². The predicted octanol–water partition coefficient (Wildman–Crippen LogP) is 7.13. The van der Waals surface area contributed by atoms with E-state index in [1.165, 1.54) is 32.1 Å². The molecule has 0 radical (unpaired) electrons. The second kappa shape index (κ2) is 10.4. The van der Waals surface area contributed by atoms with Gasteiger partial charge < -0.3 is 19.7 Å². The van der Waals surface area contributed by atoms with Crippen LogP contribution in [0.2, 0.25) is 0 Å². The lowest BCUT2D eigenvalue weighted by Crippen LogP contribution is -2.39. The van der Waals surface area contributed by atoms with Crippen LogP contribution in [-0.2, 0) is 0 Å². The van der Waals surface area contributed by atoms with Crippen molar-refractivity contribution < 1.29 is 14.3 Å². The third-order valence-corrected chi connectivity index (χ3v) is 6.73. The van der Waals surface area contributed by atoms with E-state index in [2.05, 4.69) is 40.1 Å². The van der Waals surface area contributed by atoms with Gasteiger partial charge in [-0.25, -0.2) is 4.79 Å². The Kier molecular flexibility index (Phi) is 6.89. The number of aromatic nitrogens is 2. The van der Waals surface area contributed by atoms with Gasteiger partial charge in [0.2, 0.25) is 0 Å². The van der Waals surface area contributed by atoms with Crippen molar-refractivity contribution >= 4 is 34.5 Å². The van der Waals surface area contributed by atoms with Crippen molar-refractivity contribution in [2.24, 2.45) is 5.92 Å². The van der Waals surface area contributed by atoms with E-state index in [1.54, 1.807) is 18.3 Å². The SMILES string of the molecule is CC(C)CN(c1ccc(-c2ncccc2C(=O)O)cc1Nc1nc2ccccc2o1)C1CCCCC1. The Bertz CT molecular complexity index is 1320.